The van der Waals surface area contributed by atoms with Gasteiger partial charge in [0.2, 0.25) is 11.8 Å². The van der Waals surface area contributed by atoms with Gasteiger partial charge in [0.1, 0.15) is 6.04 Å². The van der Waals surface area contributed by atoms with Crippen LogP contribution in [0.4, 0.5) is 0 Å². The fourth-order valence-corrected chi connectivity index (χ4v) is 2.36. The number of amides is 2. The topological polar surface area (TPSA) is 52.7 Å². The number of hydrogen-bond donors (Lipinski definition) is 1. The summed E-state index contributed by atoms with van der Waals surface area (Å²) in [4.78, 5) is 27.0. The van der Waals surface area contributed by atoms with Crippen molar-refractivity contribution < 1.29 is 9.59 Å². The Morgan fingerprint density at radius 1 is 1.12 bits per heavy atom. The molecule has 0 saturated carbocycles. The Kier molecular flexibility index (Phi) is 3.43. The smallest absolute Gasteiger partial charge is 0.241 e. The van der Waals surface area contributed by atoms with Gasteiger partial charge in [-0.15, -0.1) is 0 Å². The lowest BCUT2D eigenvalue weighted by atomic mass is 10.2. The van der Waals surface area contributed by atoms with Crippen molar-refractivity contribution in [3.8, 4) is 0 Å². The van der Waals surface area contributed by atoms with Gasteiger partial charge in [-0.2, -0.15) is 0 Å². The highest BCUT2D eigenvalue weighted by molar-refractivity contribution is 5.83. The summed E-state index contributed by atoms with van der Waals surface area (Å²) in [5.74, 6) is 0.212. The average molecular weight is 225 g/mol. The lowest BCUT2D eigenvalue weighted by molar-refractivity contribution is -0.136. The molecule has 1 N–H and O–H groups in total. The minimum Gasteiger partial charge on any atom is -0.341 e. The van der Waals surface area contributed by atoms with Crippen LogP contribution in [0.3, 0.4) is 0 Å². The van der Waals surface area contributed by atoms with E-state index in [1.54, 1.807) is 11.8 Å². The molecule has 0 radical (unpaired) electrons. The maximum Gasteiger partial charge on any atom is 0.241 e. The van der Waals surface area contributed by atoms with Gasteiger partial charge in [0.05, 0.1) is 0 Å². The number of likely N-dealkylation sites (tertiary alicyclic amines) is 1. The molecule has 0 aromatic rings. The summed E-state index contributed by atoms with van der Waals surface area (Å²) in [7, 11) is 0. The zero-order chi connectivity index (χ0) is 11.5. The Balaban J connectivity index is 1.93. The third kappa shape index (κ3) is 2.35. The quantitative estimate of drug-likeness (QED) is 0.650. The molecule has 0 spiro atoms. The Labute approximate surface area is 95.8 Å². The van der Waals surface area contributed by atoms with Gasteiger partial charge in [-0.25, -0.2) is 0 Å². The van der Waals surface area contributed by atoms with Crippen molar-refractivity contribution in [1.29, 1.82) is 0 Å². The molecule has 0 aromatic heterocycles. The number of piperazine rings is 1. The highest BCUT2D eigenvalue weighted by atomic mass is 16.2. The molecule has 2 amide bonds. The van der Waals surface area contributed by atoms with Gasteiger partial charge in [0, 0.05) is 39.6 Å². The van der Waals surface area contributed by atoms with Crippen LogP contribution in [0.2, 0.25) is 0 Å². The summed E-state index contributed by atoms with van der Waals surface area (Å²) in [6.45, 7) is 5.24. The van der Waals surface area contributed by atoms with E-state index in [0.717, 1.165) is 25.9 Å². The first-order valence-corrected chi connectivity index (χ1v) is 5.96. The summed E-state index contributed by atoms with van der Waals surface area (Å²) >= 11 is 0. The summed E-state index contributed by atoms with van der Waals surface area (Å²) in [5.41, 5.74) is 0. The molecule has 2 rings (SSSR count). The second-order valence-corrected chi connectivity index (χ2v) is 4.50. The molecule has 16 heavy (non-hydrogen) atoms. The molecule has 2 aliphatic heterocycles. The van der Waals surface area contributed by atoms with Crippen molar-refractivity contribution >= 4 is 11.8 Å². The molecular formula is C11H19N3O2. The van der Waals surface area contributed by atoms with Crippen molar-refractivity contribution in [1.82, 2.24) is 15.1 Å². The minimum absolute atomic E-state index is 0.0562. The van der Waals surface area contributed by atoms with Crippen LogP contribution in [0.5, 0.6) is 0 Å². The van der Waals surface area contributed by atoms with E-state index in [1.165, 1.54) is 0 Å². The summed E-state index contributed by atoms with van der Waals surface area (Å²) in [6, 6.07) is -0.198. The summed E-state index contributed by atoms with van der Waals surface area (Å²) in [5, 5.41) is 3.20. The van der Waals surface area contributed by atoms with Gasteiger partial charge in [-0.1, -0.05) is 0 Å². The molecule has 90 valence electrons. The van der Waals surface area contributed by atoms with Gasteiger partial charge in [0.15, 0.2) is 0 Å². The number of carbonyl (C=O) groups excluding carboxylic acids is 2. The van der Waals surface area contributed by atoms with Crippen molar-refractivity contribution in [3.05, 3.63) is 0 Å². The third-order valence-electron chi connectivity index (χ3n) is 3.34. The molecule has 0 bridgehead atoms. The Bertz CT molecular complexity index is 287. The van der Waals surface area contributed by atoms with E-state index in [2.05, 4.69) is 5.32 Å². The van der Waals surface area contributed by atoms with Crippen LogP contribution >= 0.6 is 0 Å². The van der Waals surface area contributed by atoms with Crippen LogP contribution in [0.1, 0.15) is 19.8 Å². The van der Waals surface area contributed by atoms with E-state index in [1.807, 2.05) is 4.90 Å². The molecule has 5 heteroatoms. The molecule has 0 aliphatic carbocycles. The first-order valence-electron chi connectivity index (χ1n) is 5.96. The van der Waals surface area contributed by atoms with Gasteiger partial charge in [-0.3, -0.25) is 9.59 Å². The molecule has 2 saturated heterocycles. The van der Waals surface area contributed by atoms with Crippen LogP contribution in [-0.2, 0) is 9.59 Å². The molecule has 1 atom stereocenters. The fourth-order valence-electron chi connectivity index (χ4n) is 2.36. The lowest BCUT2D eigenvalue weighted by Gasteiger charge is -2.34. The number of rotatable bonds is 1. The lowest BCUT2D eigenvalue weighted by Crippen LogP contribution is -2.58. The van der Waals surface area contributed by atoms with Gasteiger partial charge >= 0.3 is 0 Å². The summed E-state index contributed by atoms with van der Waals surface area (Å²) < 4.78 is 0. The van der Waals surface area contributed by atoms with E-state index >= 15 is 0 Å². The van der Waals surface area contributed by atoms with Gasteiger partial charge in [-0.05, 0) is 12.8 Å². The van der Waals surface area contributed by atoms with E-state index < -0.39 is 0 Å². The fraction of sp³-hybridized carbons (Fsp3) is 0.818. The SMILES string of the molecule is CC(=O)N1CCNC(C(=O)N2CCCC2)C1. The maximum absolute atomic E-state index is 12.1. The second-order valence-electron chi connectivity index (χ2n) is 4.50. The summed E-state index contributed by atoms with van der Waals surface area (Å²) in [6.07, 6.45) is 2.21. The molecule has 5 nitrogen and oxygen atoms in total. The number of nitrogens with one attached hydrogen (secondary N) is 1. The average Bonchev–Trinajstić information content (AvgIpc) is 2.81. The normalized spacial score (nSPS) is 25.9. The standard InChI is InChI=1S/C11H19N3O2/c1-9(15)14-7-4-12-10(8-14)11(16)13-5-2-3-6-13/h10,12H,2-8H2,1H3. The zero-order valence-electron chi connectivity index (χ0n) is 9.74. The van der Waals surface area contributed by atoms with Crippen molar-refractivity contribution in [2.45, 2.75) is 25.8 Å². The van der Waals surface area contributed by atoms with Gasteiger partial charge < -0.3 is 15.1 Å². The molecule has 1 unspecified atom stereocenters. The first kappa shape index (κ1) is 11.4. The van der Waals surface area contributed by atoms with Gasteiger partial charge in [0.25, 0.3) is 0 Å². The Morgan fingerprint density at radius 2 is 1.81 bits per heavy atom. The van der Waals surface area contributed by atoms with Crippen molar-refractivity contribution in [3.63, 3.8) is 0 Å². The van der Waals surface area contributed by atoms with Crippen molar-refractivity contribution in [2.75, 3.05) is 32.7 Å². The molecule has 2 aliphatic rings. The van der Waals surface area contributed by atoms with Crippen LogP contribution in [-0.4, -0.2) is 60.4 Å². The maximum atomic E-state index is 12.1. The Hall–Kier alpha value is -1.10. The third-order valence-corrected chi connectivity index (χ3v) is 3.34. The monoisotopic (exact) mass is 225 g/mol. The predicted molar refractivity (Wildman–Crippen MR) is 59.9 cm³/mol. The molecule has 0 aromatic carbocycles. The van der Waals surface area contributed by atoms with Crippen molar-refractivity contribution in [2.24, 2.45) is 0 Å². The molecule has 2 fully saturated rings. The largest absolute Gasteiger partial charge is 0.341 e. The molecular weight excluding hydrogens is 206 g/mol. The van der Waals surface area contributed by atoms with Crippen LogP contribution < -0.4 is 5.32 Å². The molecule has 2 heterocycles. The van der Waals surface area contributed by atoms with Crippen LogP contribution in [0.15, 0.2) is 0 Å². The van der Waals surface area contributed by atoms with Crippen LogP contribution in [0, 0.1) is 0 Å². The Morgan fingerprint density at radius 3 is 2.44 bits per heavy atom. The second kappa shape index (κ2) is 4.82. The highest BCUT2D eigenvalue weighted by Gasteiger charge is 2.30. The van der Waals surface area contributed by atoms with Crippen LogP contribution in [0.25, 0.3) is 0 Å². The minimum atomic E-state index is -0.198. The predicted octanol–water partition coefficient (Wildman–Crippen LogP) is -0.571. The number of hydrogen-bond acceptors (Lipinski definition) is 3. The van der Waals surface area contributed by atoms with E-state index in [0.29, 0.717) is 19.6 Å². The number of carbonyl (C=O) groups is 2. The number of nitrogens with zero attached hydrogens (tertiary/aromatic N) is 2. The highest BCUT2D eigenvalue weighted by Crippen LogP contribution is 2.11. The van der Waals surface area contributed by atoms with E-state index in [-0.39, 0.29) is 17.9 Å². The first-order chi connectivity index (χ1) is 7.68. The van der Waals surface area contributed by atoms with E-state index in [9.17, 15) is 9.59 Å². The van der Waals surface area contributed by atoms with E-state index in [4.69, 9.17) is 0 Å². The zero-order valence-corrected chi connectivity index (χ0v) is 9.74.